The average Bonchev–Trinajstić information content (AvgIpc) is 2.91. The Kier molecular flexibility index (Phi) is 14.3. The van der Waals surface area contributed by atoms with E-state index in [1.54, 1.807) is 0 Å². The average molecular weight is 696 g/mol. The van der Waals surface area contributed by atoms with Gasteiger partial charge in [-0.2, -0.15) is 0 Å². The third kappa shape index (κ3) is 10.1. The molecular formula is C33H39Br2CoN3. The molecule has 0 aliphatic carbocycles. The van der Waals surface area contributed by atoms with E-state index < -0.39 is 0 Å². The monoisotopic (exact) mass is 694 g/mol. The number of aliphatic imine (C=N–C) groups is 2. The van der Waals surface area contributed by atoms with Crippen LogP contribution >= 0.6 is 28.3 Å². The molecule has 209 valence electrons. The Hall–Kier alpha value is -2.12. The Morgan fingerprint density at radius 1 is 0.795 bits per heavy atom. The van der Waals surface area contributed by atoms with Gasteiger partial charge in [-0.25, -0.2) is 4.98 Å². The van der Waals surface area contributed by atoms with Crippen molar-refractivity contribution in [2.24, 2.45) is 9.98 Å². The fourth-order valence-electron chi connectivity index (χ4n) is 4.23. The van der Waals surface area contributed by atoms with Crippen molar-refractivity contribution in [3.8, 4) is 0 Å². The van der Waals surface area contributed by atoms with Crippen molar-refractivity contribution in [2.45, 2.75) is 66.2 Å². The molecule has 0 amide bonds. The molecule has 3 rings (SSSR count). The van der Waals surface area contributed by atoms with Crippen LogP contribution in [0.5, 0.6) is 0 Å². The molecule has 2 aromatic carbocycles. The summed E-state index contributed by atoms with van der Waals surface area (Å²) in [6.45, 7) is 20.7. The van der Waals surface area contributed by atoms with E-state index in [-0.39, 0.29) is 0 Å². The molecule has 3 nitrogen and oxygen atoms in total. The summed E-state index contributed by atoms with van der Waals surface area (Å²) in [6.07, 6.45) is 5.60. The zero-order chi connectivity index (χ0) is 28.9. The summed E-state index contributed by atoms with van der Waals surface area (Å²) in [7, 11) is 0. The van der Waals surface area contributed by atoms with Gasteiger partial charge in [0.1, 0.15) is 0 Å². The van der Waals surface area contributed by atoms with E-state index in [1.807, 2.05) is 56.3 Å². The molecular weight excluding hydrogens is 657 g/mol. The van der Waals surface area contributed by atoms with E-state index in [9.17, 15) is 0 Å². The molecule has 0 unspecified atom stereocenters. The van der Waals surface area contributed by atoms with Gasteiger partial charge >= 0.3 is 39.5 Å². The van der Waals surface area contributed by atoms with Gasteiger partial charge in [0.25, 0.3) is 0 Å². The van der Waals surface area contributed by atoms with E-state index in [2.05, 4.69) is 93.5 Å². The molecule has 0 fully saturated rings. The Balaban J connectivity index is 0.00000170. The van der Waals surface area contributed by atoms with Crippen molar-refractivity contribution in [1.82, 2.24) is 4.98 Å². The number of halogens is 2. The fourth-order valence-corrected chi connectivity index (χ4v) is 4.23. The summed E-state index contributed by atoms with van der Waals surface area (Å²) in [6, 6.07) is 18.9. The van der Waals surface area contributed by atoms with Crippen molar-refractivity contribution in [3.63, 3.8) is 0 Å². The van der Waals surface area contributed by atoms with E-state index in [0.717, 1.165) is 58.1 Å². The summed E-state index contributed by atoms with van der Waals surface area (Å²) in [5.41, 5.74) is 10.5. The summed E-state index contributed by atoms with van der Waals surface area (Å²) in [4.78, 5) is 14.9. The third-order valence-corrected chi connectivity index (χ3v) is 6.24. The van der Waals surface area contributed by atoms with Gasteiger partial charge in [-0.3, -0.25) is 9.98 Å². The van der Waals surface area contributed by atoms with Crippen molar-refractivity contribution in [1.29, 1.82) is 0 Å². The first kappa shape index (κ1) is 33.1. The Morgan fingerprint density at radius 2 is 1.26 bits per heavy atom. The molecule has 1 aromatic heterocycles. The van der Waals surface area contributed by atoms with E-state index in [1.165, 1.54) is 22.3 Å². The Labute approximate surface area is 255 Å². The van der Waals surface area contributed by atoms with E-state index in [0.29, 0.717) is 11.8 Å². The number of rotatable bonds is 10. The second-order valence-electron chi connectivity index (χ2n) is 9.93. The van der Waals surface area contributed by atoms with Gasteiger partial charge in [-0.05, 0) is 85.0 Å². The number of allylic oxidation sites excluding steroid dienone is 2. The van der Waals surface area contributed by atoms with Crippen LogP contribution in [0.15, 0.2) is 89.9 Å². The van der Waals surface area contributed by atoms with Crippen LogP contribution < -0.4 is 0 Å². The number of benzene rings is 2. The molecule has 0 N–H and O–H groups in total. The first-order chi connectivity index (χ1) is 18.6. The van der Waals surface area contributed by atoms with E-state index in [4.69, 9.17) is 15.0 Å². The first-order valence-corrected chi connectivity index (χ1v) is 18.2. The van der Waals surface area contributed by atoms with Gasteiger partial charge in [0, 0.05) is 0 Å². The third-order valence-electron chi connectivity index (χ3n) is 6.24. The van der Waals surface area contributed by atoms with Crippen LogP contribution in [0, 0.1) is 0 Å². The summed E-state index contributed by atoms with van der Waals surface area (Å²) < 4.78 is 0. The van der Waals surface area contributed by atoms with Crippen LogP contribution in [0.25, 0.3) is 0 Å². The quantitative estimate of drug-likeness (QED) is 0.154. The second-order valence-corrected chi connectivity index (χ2v) is 15.2. The Morgan fingerprint density at radius 3 is 1.72 bits per heavy atom. The molecule has 3 aromatic rings. The van der Waals surface area contributed by atoms with Crippen LogP contribution in [-0.4, -0.2) is 16.4 Å². The molecule has 0 bridgehead atoms. The van der Waals surface area contributed by atoms with Crippen LogP contribution in [0.2, 0.25) is 0 Å². The summed E-state index contributed by atoms with van der Waals surface area (Å²) in [5, 5.41) is 0. The van der Waals surface area contributed by atoms with Crippen LogP contribution in [0.4, 0.5) is 11.4 Å². The maximum atomic E-state index is 5.16. The molecule has 0 atom stereocenters. The molecule has 0 saturated carbocycles. The number of hydrogen-bond donors (Lipinski definition) is 0. The summed E-state index contributed by atoms with van der Waals surface area (Å²) in [5.74, 6) is 0.732. The van der Waals surface area contributed by atoms with Gasteiger partial charge in [0.15, 0.2) is 0 Å². The van der Waals surface area contributed by atoms with E-state index >= 15 is 0 Å². The molecule has 6 heteroatoms. The number of hydrogen-bond acceptors (Lipinski definition) is 3. The van der Waals surface area contributed by atoms with Crippen molar-refractivity contribution in [2.75, 3.05) is 0 Å². The SMILES string of the molecule is C=CCc1ccc(N=C(C)c2cccc(C(C)=Nc3c(C(C)C)cc(CC=C)cc3C(C)C)n2)cc1.[Br][Co][Br]. The van der Waals surface area contributed by atoms with Crippen LogP contribution in [-0.2, 0) is 24.0 Å². The minimum absolute atomic E-state index is 0.366. The normalized spacial score (nSPS) is 11.9. The number of nitrogens with zero attached hydrogens (tertiary/aromatic N) is 3. The van der Waals surface area contributed by atoms with Crippen molar-refractivity contribution >= 4 is 51.1 Å². The van der Waals surface area contributed by atoms with Gasteiger partial charge in [0.05, 0.1) is 34.2 Å². The van der Waals surface area contributed by atoms with Gasteiger partial charge < -0.3 is 0 Å². The molecule has 0 saturated heterocycles. The second kappa shape index (κ2) is 16.9. The zero-order valence-corrected chi connectivity index (χ0v) is 28.0. The minimum atomic E-state index is 0.366. The predicted octanol–water partition coefficient (Wildman–Crippen LogP) is 10.8. The van der Waals surface area contributed by atoms with Crippen LogP contribution in [0.1, 0.15) is 87.0 Å². The summed E-state index contributed by atoms with van der Waals surface area (Å²) >= 11 is 7.12. The van der Waals surface area contributed by atoms with Crippen molar-refractivity contribution in [3.05, 3.63) is 114 Å². The van der Waals surface area contributed by atoms with Crippen LogP contribution in [0.3, 0.4) is 0 Å². The molecule has 0 aliphatic heterocycles. The zero-order valence-electron chi connectivity index (χ0n) is 23.8. The number of pyridine rings is 1. The molecule has 0 spiro atoms. The standard InChI is InChI=1S/C33H39N3.2BrH.Co/c1-9-12-26-16-18-28(19-17-26)34-24(7)31-14-11-15-32(36-31)25(8)35-33-29(22(3)4)20-27(13-10-2)21-30(33)23(5)6;;;/h9-11,14-23H,1-2,12-13H2,3-8H3;2*1H;/q;;;+2/p-2. The molecule has 0 radical (unpaired) electrons. The maximum absolute atomic E-state index is 5.16. The molecule has 1 heterocycles. The van der Waals surface area contributed by atoms with Gasteiger partial charge in [-0.1, -0.05) is 70.2 Å². The molecule has 0 aliphatic rings. The Bertz CT molecular complexity index is 1280. The topological polar surface area (TPSA) is 37.6 Å². The fraction of sp³-hybridized carbons (Fsp3) is 0.303. The van der Waals surface area contributed by atoms with Gasteiger partial charge in [-0.15, -0.1) is 13.2 Å². The van der Waals surface area contributed by atoms with Crippen molar-refractivity contribution < 1.29 is 11.1 Å². The number of aromatic nitrogens is 1. The first-order valence-electron chi connectivity index (χ1n) is 13.0. The molecule has 39 heavy (non-hydrogen) atoms. The van der Waals surface area contributed by atoms with Gasteiger partial charge in [0.2, 0.25) is 0 Å². The predicted molar refractivity (Wildman–Crippen MR) is 175 cm³/mol.